The van der Waals surface area contributed by atoms with Crippen LogP contribution >= 0.6 is 0 Å². The zero-order valence-electron chi connectivity index (χ0n) is 17.8. The van der Waals surface area contributed by atoms with Crippen molar-refractivity contribution in [1.29, 1.82) is 0 Å². The van der Waals surface area contributed by atoms with Crippen LogP contribution in [0.2, 0.25) is 0 Å². The van der Waals surface area contributed by atoms with E-state index in [9.17, 15) is 8.78 Å². The van der Waals surface area contributed by atoms with E-state index >= 15 is 4.39 Å². The van der Waals surface area contributed by atoms with Gasteiger partial charge in [-0.15, -0.1) is 0 Å². The standard InChI is InChI=1S/C24H35F3O2/c1-3-5-17-6-8-18(9-7-17)19-12-14-24(27,15-13-19)16-29-21-11-10-20(28-4-2)22(25)23(21)26/h10-11,17-19H,3-9,12-16H2,1-2H3/t17?,18?,19-,24+. The second-order valence-corrected chi connectivity index (χ2v) is 8.97. The van der Waals surface area contributed by atoms with Crippen molar-refractivity contribution in [2.45, 2.75) is 83.7 Å². The molecule has 1 aromatic carbocycles. The first-order valence-corrected chi connectivity index (χ1v) is 11.4. The van der Waals surface area contributed by atoms with Crippen molar-refractivity contribution < 1.29 is 22.6 Å². The number of ether oxygens (including phenoxy) is 2. The van der Waals surface area contributed by atoms with Gasteiger partial charge in [-0.3, -0.25) is 0 Å². The topological polar surface area (TPSA) is 18.5 Å². The third-order valence-corrected chi connectivity index (χ3v) is 6.98. The van der Waals surface area contributed by atoms with Crippen LogP contribution in [0.1, 0.15) is 78.1 Å². The van der Waals surface area contributed by atoms with Gasteiger partial charge in [0.2, 0.25) is 11.6 Å². The average molecular weight is 413 g/mol. The minimum atomic E-state index is -1.46. The van der Waals surface area contributed by atoms with E-state index in [2.05, 4.69) is 6.92 Å². The van der Waals surface area contributed by atoms with E-state index in [1.165, 1.54) is 50.7 Å². The minimum absolute atomic E-state index is 0.151. The molecule has 0 bridgehead atoms. The summed E-state index contributed by atoms with van der Waals surface area (Å²) in [5.74, 6) is -0.386. The molecule has 2 nitrogen and oxygen atoms in total. The Morgan fingerprint density at radius 1 is 0.862 bits per heavy atom. The van der Waals surface area contributed by atoms with Crippen LogP contribution in [0.4, 0.5) is 13.2 Å². The molecule has 0 heterocycles. The van der Waals surface area contributed by atoms with Crippen molar-refractivity contribution in [2.75, 3.05) is 13.2 Å². The zero-order valence-corrected chi connectivity index (χ0v) is 17.8. The van der Waals surface area contributed by atoms with Gasteiger partial charge in [0.15, 0.2) is 11.5 Å². The Kier molecular flexibility index (Phi) is 7.75. The number of rotatable bonds is 8. The molecule has 2 aliphatic carbocycles. The molecule has 164 valence electrons. The van der Waals surface area contributed by atoms with Crippen LogP contribution in [-0.2, 0) is 0 Å². The fourth-order valence-electron chi connectivity index (χ4n) is 5.23. The van der Waals surface area contributed by atoms with Crippen LogP contribution < -0.4 is 9.47 Å². The van der Waals surface area contributed by atoms with E-state index in [0.717, 1.165) is 24.7 Å². The van der Waals surface area contributed by atoms with Gasteiger partial charge in [0, 0.05) is 0 Å². The monoisotopic (exact) mass is 412 g/mol. The molecule has 2 aliphatic rings. The lowest BCUT2D eigenvalue weighted by atomic mass is 9.68. The summed E-state index contributed by atoms with van der Waals surface area (Å²) < 4.78 is 53.8. The van der Waals surface area contributed by atoms with Crippen LogP contribution in [-0.4, -0.2) is 18.9 Å². The van der Waals surface area contributed by atoms with Crippen molar-refractivity contribution in [3.8, 4) is 11.5 Å². The van der Waals surface area contributed by atoms with Gasteiger partial charge < -0.3 is 9.47 Å². The summed E-state index contributed by atoms with van der Waals surface area (Å²) >= 11 is 0. The maximum atomic E-state index is 15.2. The van der Waals surface area contributed by atoms with Crippen LogP contribution in [0.15, 0.2) is 12.1 Å². The summed E-state index contributed by atoms with van der Waals surface area (Å²) in [6.07, 6.45) is 10.4. The van der Waals surface area contributed by atoms with E-state index in [4.69, 9.17) is 9.47 Å². The van der Waals surface area contributed by atoms with Crippen molar-refractivity contribution in [1.82, 2.24) is 0 Å². The number of alkyl halides is 1. The number of hydrogen-bond donors (Lipinski definition) is 0. The molecule has 0 aromatic heterocycles. The fraction of sp³-hybridized carbons (Fsp3) is 0.750. The molecule has 2 fully saturated rings. The number of benzene rings is 1. The predicted molar refractivity (Wildman–Crippen MR) is 109 cm³/mol. The molecule has 29 heavy (non-hydrogen) atoms. The van der Waals surface area contributed by atoms with Crippen LogP contribution in [0.5, 0.6) is 11.5 Å². The Morgan fingerprint density at radius 2 is 1.41 bits per heavy atom. The first-order valence-electron chi connectivity index (χ1n) is 11.4. The number of halogens is 3. The first-order chi connectivity index (χ1) is 14.0. The molecule has 5 heteroatoms. The van der Waals surface area contributed by atoms with Crippen molar-refractivity contribution in [3.63, 3.8) is 0 Å². The van der Waals surface area contributed by atoms with Gasteiger partial charge in [0.25, 0.3) is 0 Å². The van der Waals surface area contributed by atoms with Gasteiger partial charge >= 0.3 is 0 Å². The van der Waals surface area contributed by atoms with Crippen LogP contribution in [0.3, 0.4) is 0 Å². The summed E-state index contributed by atoms with van der Waals surface area (Å²) in [6.45, 7) is 3.96. The second-order valence-electron chi connectivity index (χ2n) is 8.97. The average Bonchev–Trinajstić information content (AvgIpc) is 2.73. The molecule has 0 N–H and O–H groups in total. The van der Waals surface area contributed by atoms with Crippen LogP contribution in [0.25, 0.3) is 0 Å². The highest BCUT2D eigenvalue weighted by Gasteiger charge is 2.39. The summed E-state index contributed by atoms with van der Waals surface area (Å²) in [5.41, 5.74) is -1.46. The molecule has 0 unspecified atom stereocenters. The molecular weight excluding hydrogens is 377 g/mol. The lowest BCUT2D eigenvalue weighted by Crippen LogP contribution is -2.38. The van der Waals surface area contributed by atoms with E-state index in [-0.39, 0.29) is 24.7 Å². The zero-order chi connectivity index (χ0) is 20.9. The largest absolute Gasteiger partial charge is 0.491 e. The highest BCUT2D eigenvalue weighted by atomic mass is 19.2. The molecule has 0 spiro atoms. The normalized spacial score (nSPS) is 30.2. The Morgan fingerprint density at radius 3 is 1.97 bits per heavy atom. The fourth-order valence-corrected chi connectivity index (χ4v) is 5.23. The Bertz CT molecular complexity index is 648. The van der Waals surface area contributed by atoms with Gasteiger partial charge in [-0.1, -0.05) is 32.6 Å². The summed E-state index contributed by atoms with van der Waals surface area (Å²) in [7, 11) is 0. The molecular formula is C24H35F3O2. The van der Waals surface area contributed by atoms with Crippen molar-refractivity contribution in [3.05, 3.63) is 23.8 Å². The molecule has 0 atom stereocenters. The molecule has 3 rings (SSSR count). The molecule has 0 aliphatic heterocycles. The van der Waals surface area contributed by atoms with Gasteiger partial charge in [-0.2, -0.15) is 8.78 Å². The summed E-state index contributed by atoms with van der Waals surface area (Å²) in [5, 5.41) is 0. The highest BCUT2D eigenvalue weighted by molar-refractivity contribution is 5.35. The SMILES string of the molecule is CCCC1CCC([C@H]2CC[C@](F)(COc3ccc(OCC)c(F)c3F)CC2)CC1. The highest BCUT2D eigenvalue weighted by Crippen LogP contribution is 2.44. The molecule has 0 radical (unpaired) electrons. The van der Waals surface area contributed by atoms with E-state index in [1.807, 2.05) is 0 Å². The molecule has 0 amide bonds. The molecule has 1 aromatic rings. The van der Waals surface area contributed by atoms with E-state index < -0.39 is 17.3 Å². The smallest absolute Gasteiger partial charge is 0.204 e. The second kappa shape index (κ2) is 10.1. The number of hydrogen-bond acceptors (Lipinski definition) is 2. The Labute approximate surface area is 173 Å². The van der Waals surface area contributed by atoms with E-state index in [0.29, 0.717) is 18.8 Å². The lowest BCUT2D eigenvalue weighted by molar-refractivity contribution is 0.0151. The summed E-state index contributed by atoms with van der Waals surface area (Å²) in [6, 6.07) is 2.64. The lowest BCUT2D eigenvalue weighted by Gasteiger charge is -2.40. The first kappa shape index (κ1) is 22.3. The van der Waals surface area contributed by atoms with Crippen LogP contribution in [0, 0.1) is 29.4 Å². The molecule has 0 saturated heterocycles. The molecule has 2 saturated carbocycles. The van der Waals surface area contributed by atoms with Crippen molar-refractivity contribution in [2.24, 2.45) is 17.8 Å². The quantitative estimate of drug-likeness (QED) is 0.448. The Balaban J connectivity index is 1.48. The third-order valence-electron chi connectivity index (χ3n) is 6.98. The maximum Gasteiger partial charge on any atom is 0.204 e. The van der Waals surface area contributed by atoms with Gasteiger partial charge in [-0.25, -0.2) is 4.39 Å². The third kappa shape index (κ3) is 5.61. The maximum absolute atomic E-state index is 15.2. The van der Waals surface area contributed by atoms with Crippen molar-refractivity contribution >= 4 is 0 Å². The van der Waals surface area contributed by atoms with E-state index in [1.54, 1.807) is 6.92 Å². The van der Waals surface area contributed by atoms with Gasteiger partial charge in [-0.05, 0) is 75.3 Å². The van der Waals surface area contributed by atoms with Gasteiger partial charge in [0.05, 0.1) is 6.61 Å². The predicted octanol–water partition coefficient (Wildman–Crippen LogP) is 7.25. The Hall–Kier alpha value is -1.39. The summed E-state index contributed by atoms with van der Waals surface area (Å²) in [4.78, 5) is 0. The minimum Gasteiger partial charge on any atom is -0.491 e. The van der Waals surface area contributed by atoms with Gasteiger partial charge in [0.1, 0.15) is 12.3 Å².